The van der Waals surface area contributed by atoms with Crippen LogP contribution < -0.4 is 10.4 Å². The largest absolute Gasteiger partial charge is 0.316 e. The van der Waals surface area contributed by atoms with Gasteiger partial charge in [-0.05, 0) is 47.6 Å². The van der Waals surface area contributed by atoms with E-state index in [2.05, 4.69) is 0 Å². The van der Waals surface area contributed by atoms with Gasteiger partial charge in [-0.25, -0.2) is 35.8 Å². The summed E-state index contributed by atoms with van der Waals surface area (Å²) in [6, 6.07) is 14.1. The lowest BCUT2D eigenvalue weighted by Crippen LogP contribution is -2.41. The summed E-state index contributed by atoms with van der Waals surface area (Å²) < 4.78 is 95.7. The summed E-state index contributed by atoms with van der Waals surface area (Å²) in [7, 11) is -4.52. The van der Waals surface area contributed by atoms with Gasteiger partial charge in [-0.1, -0.05) is 55.7 Å². The Morgan fingerprint density at radius 1 is 0.833 bits per heavy atom. The molecule has 1 fully saturated rings. The molecule has 1 amide bonds. The maximum absolute atomic E-state index is 14.3. The number of halogens is 5. The molecule has 0 atom stereocenters. The molecule has 226 valence electrons. The van der Waals surface area contributed by atoms with Crippen LogP contribution in [-0.4, -0.2) is 37.4 Å². The van der Waals surface area contributed by atoms with Crippen molar-refractivity contribution in [3.05, 3.63) is 94.3 Å². The summed E-state index contributed by atoms with van der Waals surface area (Å²) in [4.78, 5) is 12.7. The Labute approximate surface area is 240 Å². The molecule has 0 spiro atoms. The molecule has 2 N–H and O–H groups in total. The fourth-order valence-corrected chi connectivity index (χ4v) is 6.27. The van der Waals surface area contributed by atoms with Gasteiger partial charge in [0, 0.05) is 19.3 Å². The van der Waals surface area contributed by atoms with Crippen molar-refractivity contribution in [1.29, 1.82) is 0 Å². The maximum Gasteiger partial charge on any atom is 0.249 e. The number of rotatable bonds is 10. The molecule has 13 heteroatoms. The Morgan fingerprint density at radius 3 is 1.90 bits per heavy atom. The lowest BCUT2D eigenvalue weighted by Gasteiger charge is -2.27. The van der Waals surface area contributed by atoms with Gasteiger partial charge in [-0.15, -0.1) is 0 Å². The second-order valence-electron chi connectivity index (χ2n) is 10.2. The molecule has 42 heavy (non-hydrogen) atoms. The van der Waals surface area contributed by atoms with Gasteiger partial charge in [0.25, 0.3) is 0 Å². The molecule has 7 nitrogen and oxygen atoms in total. The molecule has 1 aliphatic carbocycles. The number of benzene rings is 3. The zero-order chi connectivity index (χ0) is 30.6. The number of hydrogen-bond acceptors (Lipinski definition) is 5. The van der Waals surface area contributed by atoms with Crippen molar-refractivity contribution in [3.63, 3.8) is 0 Å². The lowest BCUT2D eigenvalue weighted by atomic mass is 9.84. The first-order valence-electron chi connectivity index (χ1n) is 13.3. The Bertz CT molecular complexity index is 1500. The molecule has 0 bridgehead atoms. The van der Waals surface area contributed by atoms with Crippen LogP contribution in [0.1, 0.15) is 54.7 Å². The van der Waals surface area contributed by atoms with Gasteiger partial charge in [0.2, 0.25) is 21.7 Å². The molecule has 0 saturated heterocycles. The van der Waals surface area contributed by atoms with Gasteiger partial charge in [0.15, 0.2) is 28.2 Å². The van der Waals surface area contributed by atoms with Crippen LogP contribution in [0.4, 0.5) is 27.6 Å². The number of hydroxylamine groups is 1. The van der Waals surface area contributed by atoms with Crippen molar-refractivity contribution in [1.82, 2.24) is 9.79 Å². The third-order valence-electron chi connectivity index (χ3n) is 7.42. The molecule has 4 rings (SSSR count). The third-order valence-corrected chi connectivity index (χ3v) is 9.25. The number of carbonyl (C=O) groups excluding carboxylic acids is 1. The molecule has 0 aromatic heterocycles. The average Bonchev–Trinajstić information content (AvgIpc) is 2.99. The van der Waals surface area contributed by atoms with Gasteiger partial charge in [-0.3, -0.25) is 4.79 Å². The second kappa shape index (κ2) is 13.3. The highest BCUT2D eigenvalue weighted by Gasteiger charge is 2.37. The van der Waals surface area contributed by atoms with Gasteiger partial charge in [0.05, 0.1) is 13.1 Å². The van der Waals surface area contributed by atoms with Crippen LogP contribution in [0.15, 0.2) is 53.4 Å². The van der Waals surface area contributed by atoms with E-state index in [0.717, 1.165) is 32.7 Å². The van der Waals surface area contributed by atoms with Crippen molar-refractivity contribution >= 4 is 21.6 Å². The normalized spacial score (nSPS) is 14.4. The van der Waals surface area contributed by atoms with Crippen molar-refractivity contribution in [2.75, 3.05) is 18.5 Å². The number of nitrogens with zero attached hydrogens (tertiary/aromatic N) is 2. The van der Waals surface area contributed by atoms with E-state index in [4.69, 9.17) is 5.21 Å². The maximum atomic E-state index is 14.3. The van der Waals surface area contributed by atoms with Crippen LogP contribution in [0, 0.1) is 29.1 Å². The molecule has 3 aromatic rings. The van der Waals surface area contributed by atoms with Crippen LogP contribution in [0.3, 0.4) is 0 Å². The minimum absolute atomic E-state index is 0.00219. The van der Waals surface area contributed by atoms with E-state index in [0.29, 0.717) is 22.7 Å². The van der Waals surface area contributed by atoms with Crippen LogP contribution in [0.25, 0.3) is 0 Å². The number of nitrogens with one attached hydrogen (secondary N) is 1. The van der Waals surface area contributed by atoms with Gasteiger partial charge >= 0.3 is 0 Å². The highest BCUT2D eigenvalue weighted by atomic mass is 32.2. The summed E-state index contributed by atoms with van der Waals surface area (Å²) in [5.74, 6) is -12.7. The Balaban J connectivity index is 1.62. The molecule has 0 radical (unpaired) electrons. The fraction of sp³-hybridized carbons (Fsp3) is 0.345. The van der Waals surface area contributed by atoms with Gasteiger partial charge in [0.1, 0.15) is 0 Å². The highest BCUT2D eigenvalue weighted by Crippen LogP contribution is 2.33. The molecule has 3 aromatic carbocycles. The summed E-state index contributed by atoms with van der Waals surface area (Å²) in [6.45, 7) is -0.848. The number of hydrogen-bond donors (Lipinski definition) is 2. The predicted octanol–water partition coefficient (Wildman–Crippen LogP) is 5.76. The molecule has 1 aliphatic rings. The average molecular weight is 612 g/mol. The number of anilines is 1. The van der Waals surface area contributed by atoms with Crippen molar-refractivity contribution in [3.8, 4) is 0 Å². The summed E-state index contributed by atoms with van der Waals surface area (Å²) in [5, 5.41) is 8.96. The number of amides is 1. The summed E-state index contributed by atoms with van der Waals surface area (Å²) in [6.07, 6.45) is 5.74. The quantitative estimate of drug-likeness (QED) is 0.132. The molecular formula is C29H30F5N3O4S. The van der Waals surface area contributed by atoms with E-state index in [1.54, 1.807) is 24.3 Å². The minimum Gasteiger partial charge on any atom is -0.316 e. The van der Waals surface area contributed by atoms with Crippen LogP contribution >= 0.6 is 0 Å². The second-order valence-corrected chi connectivity index (χ2v) is 12.2. The SMILES string of the molecule is CN(CC(=O)N(Cc1ccc(C2CCCCC2)cc1)c1ccc(CNO)cc1)S(=O)(=O)c1c(F)c(F)c(F)c(F)c1F. The van der Waals surface area contributed by atoms with E-state index in [1.165, 1.54) is 16.9 Å². The van der Waals surface area contributed by atoms with E-state index < -0.39 is 56.5 Å². The smallest absolute Gasteiger partial charge is 0.249 e. The topological polar surface area (TPSA) is 89.9 Å². The number of sulfonamides is 1. The number of likely N-dealkylation sites (N-methyl/N-ethyl adjacent to an activating group) is 1. The minimum atomic E-state index is -5.32. The monoisotopic (exact) mass is 611 g/mol. The Kier molecular flexibility index (Phi) is 9.97. The summed E-state index contributed by atoms with van der Waals surface area (Å²) >= 11 is 0. The summed E-state index contributed by atoms with van der Waals surface area (Å²) in [5.41, 5.74) is 4.94. The molecule has 0 aliphatic heterocycles. The van der Waals surface area contributed by atoms with E-state index in [-0.39, 0.29) is 17.4 Å². The third kappa shape index (κ3) is 6.64. The first kappa shape index (κ1) is 31.5. The van der Waals surface area contributed by atoms with E-state index >= 15 is 0 Å². The fourth-order valence-electron chi connectivity index (χ4n) is 5.05. The molecule has 0 heterocycles. The van der Waals surface area contributed by atoms with Crippen LogP contribution in [0.2, 0.25) is 0 Å². The Hall–Kier alpha value is -3.39. The van der Waals surface area contributed by atoms with Crippen molar-refractivity contribution in [2.45, 2.75) is 56.0 Å². The zero-order valence-electron chi connectivity index (χ0n) is 22.7. The standard InChI is InChI=1S/C29H30F5N3O4S/c1-36(42(40,41)29-27(33)25(31)24(30)26(32)28(29)34)17-23(38)37(22-13-9-18(10-14-22)15-35-39)16-19-7-11-21(12-8-19)20-5-3-2-4-6-20/h7-14,20,35,39H,2-6,15-17H2,1H3. The van der Waals surface area contributed by atoms with Gasteiger partial charge in [-0.2, -0.15) is 4.31 Å². The van der Waals surface area contributed by atoms with Crippen LogP contribution in [-0.2, 0) is 27.9 Å². The highest BCUT2D eigenvalue weighted by molar-refractivity contribution is 7.89. The Morgan fingerprint density at radius 2 is 1.36 bits per heavy atom. The van der Waals surface area contributed by atoms with Crippen molar-refractivity contribution in [2.24, 2.45) is 0 Å². The predicted molar refractivity (Wildman–Crippen MR) is 145 cm³/mol. The lowest BCUT2D eigenvalue weighted by molar-refractivity contribution is -0.118. The molecule has 0 unspecified atom stereocenters. The zero-order valence-corrected chi connectivity index (χ0v) is 23.5. The van der Waals surface area contributed by atoms with Gasteiger partial charge < -0.3 is 10.1 Å². The van der Waals surface area contributed by atoms with Crippen molar-refractivity contribution < 1.29 is 40.4 Å². The van der Waals surface area contributed by atoms with Crippen LogP contribution in [0.5, 0.6) is 0 Å². The first-order valence-corrected chi connectivity index (χ1v) is 14.7. The molecule has 1 saturated carbocycles. The molecular weight excluding hydrogens is 581 g/mol. The van der Waals surface area contributed by atoms with E-state index in [1.807, 2.05) is 29.7 Å². The first-order chi connectivity index (χ1) is 19.9. The van der Waals surface area contributed by atoms with E-state index in [9.17, 15) is 35.2 Å². The number of carbonyl (C=O) groups is 1.